The lowest BCUT2D eigenvalue weighted by Gasteiger charge is -2.36. The molecule has 0 bridgehead atoms. The van der Waals surface area contributed by atoms with Crippen molar-refractivity contribution < 1.29 is 4.39 Å². The van der Waals surface area contributed by atoms with E-state index in [1.807, 2.05) is 18.6 Å². The van der Waals surface area contributed by atoms with Crippen molar-refractivity contribution in [3.8, 4) is 11.3 Å². The molecular formula is C15H18FN3. The SMILES string of the molecule is Cc1cc(-c2cn(CC3CN(C)C3)cn2)ccc1F. The van der Waals surface area contributed by atoms with Gasteiger partial charge in [0.05, 0.1) is 12.0 Å². The van der Waals surface area contributed by atoms with Crippen LogP contribution in [0.2, 0.25) is 0 Å². The Morgan fingerprint density at radius 2 is 2.16 bits per heavy atom. The molecular weight excluding hydrogens is 241 g/mol. The van der Waals surface area contributed by atoms with Crippen molar-refractivity contribution in [2.24, 2.45) is 5.92 Å². The highest BCUT2D eigenvalue weighted by atomic mass is 19.1. The number of hydrogen-bond acceptors (Lipinski definition) is 2. The number of likely N-dealkylation sites (tertiary alicyclic amines) is 1. The van der Waals surface area contributed by atoms with Crippen LogP contribution in [0.3, 0.4) is 0 Å². The van der Waals surface area contributed by atoms with Crippen LogP contribution in [0.1, 0.15) is 5.56 Å². The Balaban J connectivity index is 1.75. The van der Waals surface area contributed by atoms with E-state index >= 15 is 0 Å². The van der Waals surface area contributed by atoms with Crippen molar-refractivity contribution in [3.63, 3.8) is 0 Å². The Labute approximate surface area is 112 Å². The van der Waals surface area contributed by atoms with Gasteiger partial charge in [0.2, 0.25) is 0 Å². The van der Waals surface area contributed by atoms with E-state index in [9.17, 15) is 4.39 Å². The van der Waals surface area contributed by atoms with Gasteiger partial charge in [-0.25, -0.2) is 9.37 Å². The zero-order valence-corrected chi connectivity index (χ0v) is 11.3. The second kappa shape index (κ2) is 4.78. The monoisotopic (exact) mass is 259 g/mol. The topological polar surface area (TPSA) is 21.1 Å². The maximum atomic E-state index is 13.3. The van der Waals surface area contributed by atoms with Gasteiger partial charge in [-0.2, -0.15) is 0 Å². The van der Waals surface area contributed by atoms with E-state index in [2.05, 4.69) is 21.5 Å². The van der Waals surface area contributed by atoms with E-state index in [0.29, 0.717) is 5.56 Å². The average molecular weight is 259 g/mol. The highest BCUT2D eigenvalue weighted by Crippen LogP contribution is 2.21. The molecule has 0 radical (unpaired) electrons. The van der Waals surface area contributed by atoms with Crippen molar-refractivity contribution in [3.05, 3.63) is 42.1 Å². The molecule has 0 unspecified atom stereocenters. The van der Waals surface area contributed by atoms with Crippen LogP contribution in [0.4, 0.5) is 4.39 Å². The van der Waals surface area contributed by atoms with Gasteiger partial charge in [-0.15, -0.1) is 0 Å². The quantitative estimate of drug-likeness (QED) is 0.844. The second-order valence-electron chi connectivity index (χ2n) is 5.51. The van der Waals surface area contributed by atoms with Crippen LogP contribution in [-0.2, 0) is 6.54 Å². The molecule has 0 N–H and O–H groups in total. The van der Waals surface area contributed by atoms with E-state index < -0.39 is 0 Å². The van der Waals surface area contributed by atoms with Crippen molar-refractivity contribution in [1.82, 2.24) is 14.5 Å². The van der Waals surface area contributed by atoms with Crippen molar-refractivity contribution in [1.29, 1.82) is 0 Å². The molecule has 0 spiro atoms. The molecule has 1 aromatic carbocycles. The number of imidazole rings is 1. The van der Waals surface area contributed by atoms with Crippen LogP contribution in [0, 0.1) is 18.7 Å². The summed E-state index contributed by atoms with van der Waals surface area (Å²) in [4.78, 5) is 6.73. The van der Waals surface area contributed by atoms with Crippen LogP contribution in [-0.4, -0.2) is 34.6 Å². The second-order valence-corrected chi connectivity index (χ2v) is 5.51. The number of halogens is 1. The number of hydrogen-bond donors (Lipinski definition) is 0. The summed E-state index contributed by atoms with van der Waals surface area (Å²) in [5.41, 5.74) is 2.55. The number of aromatic nitrogens is 2. The number of rotatable bonds is 3. The first-order chi connectivity index (χ1) is 9.11. The molecule has 3 rings (SSSR count). The lowest BCUT2D eigenvalue weighted by Crippen LogP contribution is -2.45. The maximum Gasteiger partial charge on any atom is 0.126 e. The number of benzene rings is 1. The maximum absolute atomic E-state index is 13.3. The minimum atomic E-state index is -0.166. The van der Waals surface area contributed by atoms with Gasteiger partial charge < -0.3 is 9.47 Å². The first-order valence-corrected chi connectivity index (χ1v) is 6.58. The summed E-state index contributed by atoms with van der Waals surface area (Å²) in [6, 6.07) is 5.13. The van der Waals surface area contributed by atoms with Crippen LogP contribution in [0.5, 0.6) is 0 Å². The molecule has 1 fully saturated rings. The fourth-order valence-corrected chi connectivity index (χ4v) is 2.65. The van der Waals surface area contributed by atoms with Crippen LogP contribution in [0.25, 0.3) is 11.3 Å². The Kier molecular flexibility index (Phi) is 3.11. The molecule has 1 saturated heterocycles. The molecule has 0 atom stereocenters. The molecule has 2 heterocycles. The summed E-state index contributed by atoms with van der Waals surface area (Å²) < 4.78 is 15.4. The standard InChI is InChI=1S/C15H18FN3/c1-11-5-13(3-4-14(11)16)15-9-19(10-17-15)8-12-6-18(2)7-12/h3-5,9-10,12H,6-8H2,1-2H3. The predicted octanol–water partition coefficient (Wildman–Crippen LogP) is 2.56. The lowest BCUT2D eigenvalue weighted by atomic mass is 10.0. The minimum absolute atomic E-state index is 0.166. The predicted molar refractivity (Wildman–Crippen MR) is 73.3 cm³/mol. The molecule has 1 aromatic heterocycles. The van der Waals surface area contributed by atoms with Gasteiger partial charge in [-0.05, 0) is 37.7 Å². The Bertz CT molecular complexity index is 585. The summed E-state index contributed by atoms with van der Waals surface area (Å²) in [7, 11) is 2.14. The average Bonchev–Trinajstić information content (AvgIpc) is 2.79. The summed E-state index contributed by atoms with van der Waals surface area (Å²) in [6.07, 6.45) is 3.91. The van der Waals surface area contributed by atoms with Gasteiger partial charge in [0, 0.05) is 37.3 Å². The zero-order valence-electron chi connectivity index (χ0n) is 11.3. The van der Waals surface area contributed by atoms with E-state index in [1.54, 1.807) is 13.0 Å². The summed E-state index contributed by atoms with van der Waals surface area (Å²) >= 11 is 0. The van der Waals surface area contributed by atoms with E-state index in [-0.39, 0.29) is 5.82 Å². The highest BCUT2D eigenvalue weighted by Gasteiger charge is 2.23. The van der Waals surface area contributed by atoms with Gasteiger partial charge in [-0.1, -0.05) is 0 Å². The van der Waals surface area contributed by atoms with Crippen LogP contribution < -0.4 is 0 Å². The van der Waals surface area contributed by atoms with Gasteiger partial charge in [0.1, 0.15) is 5.82 Å². The molecule has 0 saturated carbocycles. The molecule has 1 aliphatic heterocycles. The summed E-state index contributed by atoms with van der Waals surface area (Å²) in [5, 5.41) is 0. The van der Waals surface area contributed by atoms with Crippen LogP contribution >= 0.6 is 0 Å². The van der Waals surface area contributed by atoms with Gasteiger partial charge in [0.15, 0.2) is 0 Å². The van der Waals surface area contributed by atoms with E-state index in [0.717, 1.165) is 36.8 Å². The van der Waals surface area contributed by atoms with E-state index in [1.165, 1.54) is 6.07 Å². The van der Waals surface area contributed by atoms with Crippen molar-refractivity contribution in [2.75, 3.05) is 20.1 Å². The third kappa shape index (κ3) is 2.54. The first kappa shape index (κ1) is 12.4. The first-order valence-electron chi connectivity index (χ1n) is 6.58. The molecule has 1 aliphatic rings. The molecule has 3 nitrogen and oxygen atoms in total. The molecule has 19 heavy (non-hydrogen) atoms. The van der Waals surface area contributed by atoms with Crippen molar-refractivity contribution >= 4 is 0 Å². The van der Waals surface area contributed by atoms with Crippen molar-refractivity contribution in [2.45, 2.75) is 13.5 Å². The molecule has 0 aliphatic carbocycles. The smallest absolute Gasteiger partial charge is 0.126 e. The highest BCUT2D eigenvalue weighted by molar-refractivity contribution is 5.59. The molecule has 2 aromatic rings. The normalized spacial score (nSPS) is 16.6. The van der Waals surface area contributed by atoms with Gasteiger partial charge in [0.25, 0.3) is 0 Å². The Morgan fingerprint density at radius 3 is 2.84 bits per heavy atom. The molecule has 4 heteroatoms. The fourth-order valence-electron chi connectivity index (χ4n) is 2.65. The van der Waals surface area contributed by atoms with Gasteiger partial charge >= 0.3 is 0 Å². The molecule has 0 amide bonds. The summed E-state index contributed by atoms with van der Waals surface area (Å²) in [6.45, 7) is 5.10. The fraction of sp³-hybridized carbons (Fsp3) is 0.400. The Hall–Kier alpha value is -1.68. The lowest BCUT2D eigenvalue weighted by molar-refractivity contribution is 0.119. The van der Waals surface area contributed by atoms with E-state index in [4.69, 9.17) is 0 Å². The van der Waals surface area contributed by atoms with Gasteiger partial charge in [-0.3, -0.25) is 0 Å². The number of nitrogens with zero attached hydrogens (tertiary/aromatic N) is 3. The van der Waals surface area contributed by atoms with Crippen LogP contribution in [0.15, 0.2) is 30.7 Å². The zero-order chi connectivity index (χ0) is 13.4. The minimum Gasteiger partial charge on any atom is -0.336 e. The third-order valence-electron chi connectivity index (χ3n) is 3.70. The summed E-state index contributed by atoms with van der Waals surface area (Å²) in [5.74, 6) is 0.558. The Morgan fingerprint density at radius 1 is 1.37 bits per heavy atom. The molecule has 100 valence electrons. The number of aryl methyl sites for hydroxylation is 1. The largest absolute Gasteiger partial charge is 0.336 e. The third-order valence-corrected chi connectivity index (χ3v) is 3.70.